The van der Waals surface area contributed by atoms with E-state index < -0.39 is 23.3 Å². The van der Waals surface area contributed by atoms with E-state index in [0.717, 1.165) is 0 Å². The van der Waals surface area contributed by atoms with Crippen LogP contribution in [0, 0.1) is 5.92 Å². The first-order valence-corrected chi connectivity index (χ1v) is 5.31. The predicted molar refractivity (Wildman–Crippen MR) is 62.2 cm³/mol. The van der Waals surface area contributed by atoms with Crippen LogP contribution < -0.4 is 0 Å². The van der Waals surface area contributed by atoms with Crippen LogP contribution in [0.4, 0.5) is 0 Å². The van der Waals surface area contributed by atoms with Gasteiger partial charge in [-0.1, -0.05) is 30.3 Å². The summed E-state index contributed by atoms with van der Waals surface area (Å²) in [5, 5.41) is 10.5. The lowest BCUT2D eigenvalue weighted by atomic mass is 9.79. The Kier molecular flexibility index (Phi) is 4.02. The van der Waals surface area contributed by atoms with Crippen molar-refractivity contribution in [2.24, 2.45) is 5.92 Å². The van der Waals surface area contributed by atoms with Gasteiger partial charge in [0.2, 0.25) is 0 Å². The van der Waals surface area contributed by atoms with Crippen LogP contribution in [0.15, 0.2) is 30.3 Å². The Balaban J connectivity index is 3.24. The Morgan fingerprint density at radius 3 is 2.24 bits per heavy atom. The normalized spacial score (nSPS) is 15.8. The number of Topliss-reactive ketones (excluding diaryl/α,β-unsaturated/α-hetero) is 1. The van der Waals surface area contributed by atoms with E-state index in [4.69, 9.17) is 0 Å². The highest BCUT2D eigenvalue weighted by atomic mass is 16.5. The summed E-state index contributed by atoms with van der Waals surface area (Å²) in [6.45, 7) is 2.73. The van der Waals surface area contributed by atoms with Crippen LogP contribution in [0.3, 0.4) is 0 Å². The highest BCUT2D eigenvalue weighted by Crippen LogP contribution is 2.31. The smallest absolute Gasteiger partial charge is 0.312 e. The van der Waals surface area contributed by atoms with E-state index in [9.17, 15) is 14.7 Å². The summed E-state index contributed by atoms with van der Waals surface area (Å²) in [6.07, 6.45) is 0. The summed E-state index contributed by atoms with van der Waals surface area (Å²) in [5.41, 5.74) is -1.45. The average molecular weight is 236 g/mol. The molecule has 0 aromatic heterocycles. The molecule has 1 N–H and O–H groups in total. The molecule has 0 aliphatic heterocycles. The molecule has 0 heterocycles. The van der Waals surface area contributed by atoms with Gasteiger partial charge in [0, 0.05) is 0 Å². The molecule has 1 aromatic carbocycles. The molecule has 0 saturated carbocycles. The molecule has 0 bridgehead atoms. The first-order valence-electron chi connectivity index (χ1n) is 5.31. The standard InChI is InChI=1S/C13H16O4/c1-9(12(15)17-3)13(16,10(2)14)11-7-5-4-6-8-11/h4-9,16H,1-3H3. The molecular formula is C13H16O4. The third-order valence-corrected chi connectivity index (χ3v) is 2.93. The third-order valence-electron chi connectivity index (χ3n) is 2.93. The Morgan fingerprint density at radius 1 is 1.29 bits per heavy atom. The highest BCUT2D eigenvalue weighted by molar-refractivity contribution is 5.91. The molecule has 0 saturated heterocycles. The molecule has 0 spiro atoms. The third kappa shape index (κ3) is 2.36. The van der Waals surface area contributed by atoms with Crippen LogP contribution >= 0.6 is 0 Å². The van der Waals surface area contributed by atoms with E-state index in [1.807, 2.05) is 0 Å². The van der Waals surface area contributed by atoms with E-state index in [-0.39, 0.29) is 0 Å². The van der Waals surface area contributed by atoms with Gasteiger partial charge in [-0.05, 0) is 19.4 Å². The van der Waals surface area contributed by atoms with E-state index in [0.29, 0.717) is 5.56 Å². The van der Waals surface area contributed by atoms with Gasteiger partial charge in [-0.15, -0.1) is 0 Å². The molecule has 92 valence electrons. The van der Waals surface area contributed by atoms with E-state index >= 15 is 0 Å². The number of hydrogen-bond acceptors (Lipinski definition) is 4. The second-order valence-electron chi connectivity index (χ2n) is 3.93. The molecule has 4 heteroatoms. The number of ether oxygens (including phenoxy) is 1. The van der Waals surface area contributed by atoms with Gasteiger partial charge in [-0.2, -0.15) is 0 Å². The number of aliphatic hydroxyl groups is 1. The lowest BCUT2D eigenvalue weighted by Gasteiger charge is -2.30. The number of rotatable bonds is 4. The van der Waals surface area contributed by atoms with Crippen molar-refractivity contribution in [1.29, 1.82) is 0 Å². The predicted octanol–water partition coefficient (Wildman–Crippen LogP) is 1.27. The van der Waals surface area contributed by atoms with Crippen molar-refractivity contribution < 1.29 is 19.4 Å². The average Bonchev–Trinajstić information content (AvgIpc) is 2.36. The molecule has 0 aliphatic carbocycles. The van der Waals surface area contributed by atoms with Gasteiger partial charge in [-0.25, -0.2) is 0 Å². The zero-order valence-electron chi connectivity index (χ0n) is 10.1. The van der Waals surface area contributed by atoms with Crippen LogP contribution in [0.1, 0.15) is 19.4 Å². The number of methoxy groups -OCH3 is 1. The minimum absolute atomic E-state index is 0.394. The molecule has 0 amide bonds. The first kappa shape index (κ1) is 13.4. The lowest BCUT2D eigenvalue weighted by molar-refractivity contribution is -0.162. The highest BCUT2D eigenvalue weighted by Gasteiger charge is 2.44. The molecule has 0 fully saturated rings. The van der Waals surface area contributed by atoms with Gasteiger partial charge in [0.05, 0.1) is 13.0 Å². The van der Waals surface area contributed by atoms with E-state index in [2.05, 4.69) is 4.74 Å². The van der Waals surface area contributed by atoms with Crippen LogP contribution in [0.25, 0.3) is 0 Å². The van der Waals surface area contributed by atoms with E-state index in [1.54, 1.807) is 30.3 Å². The fraction of sp³-hybridized carbons (Fsp3) is 0.385. The van der Waals surface area contributed by atoms with Gasteiger partial charge >= 0.3 is 5.97 Å². The van der Waals surface area contributed by atoms with Crippen LogP contribution in [0.2, 0.25) is 0 Å². The van der Waals surface area contributed by atoms with Crippen molar-refractivity contribution in [2.45, 2.75) is 19.4 Å². The molecule has 4 nitrogen and oxygen atoms in total. The second-order valence-corrected chi connectivity index (χ2v) is 3.93. The van der Waals surface area contributed by atoms with Crippen molar-refractivity contribution in [2.75, 3.05) is 7.11 Å². The number of carbonyl (C=O) groups excluding carboxylic acids is 2. The fourth-order valence-corrected chi connectivity index (χ4v) is 1.80. The summed E-state index contributed by atoms with van der Waals surface area (Å²) in [6, 6.07) is 8.40. The fourth-order valence-electron chi connectivity index (χ4n) is 1.80. The number of hydrogen-bond donors (Lipinski definition) is 1. The van der Waals surface area contributed by atoms with Crippen molar-refractivity contribution in [3.8, 4) is 0 Å². The van der Waals surface area contributed by atoms with Crippen molar-refractivity contribution in [1.82, 2.24) is 0 Å². The second kappa shape index (κ2) is 5.10. The Hall–Kier alpha value is -1.68. The SMILES string of the molecule is COC(=O)C(C)C(O)(C(C)=O)c1ccccc1. The van der Waals surface area contributed by atoms with Gasteiger partial charge in [0.15, 0.2) is 11.4 Å². The monoisotopic (exact) mass is 236 g/mol. The largest absolute Gasteiger partial charge is 0.469 e. The Bertz CT molecular complexity index is 413. The molecule has 0 aliphatic rings. The topological polar surface area (TPSA) is 63.6 Å². The maximum atomic E-state index is 11.7. The van der Waals surface area contributed by atoms with Crippen molar-refractivity contribution >= 4 is 11.8 Å². The summed E-state index contributed by atoms with van der Waals surface area (Å²) in [4.78, 5) is 23.2. The summed E-state index contributed by atoms with van der Waals surface area (Å²) in [7, 11) is 1.23. The van der Waals surface area contributed by atoms with Gasteiger partial charge in [0.25, 0.3) is 0 Å². The number of esters is 1. The number of benzene rings is 1. The number of ketones is 1. The van der Waals surface area contributed by atoms with Crippen molar-refractivity contribution in [3.63, 3.8) is 0 Å². The molecule has 2 unspecified atom stereocenters. The van der Waals surface area contributed by atoms with Gasteiger partial charge in [0.1, 0.15) is 0 Å². The minimum Gasteiger partial charge on any atom is -0.469 e. The number of carbonyl (C=O) groups is 2. The van der Waals surface area contributed by atoms with Crippen molar-refractivity contribution in [3.05, 3.63) is 35.9 Å². The zero-order chi connectivity index (χ0) is 13.1. The summed E-state index contributed by atoms with van der Waals surface area (Å²) < 4.78 is 4.58. The molecule has 0 radical (unpaired) electrons. The van der Waals surface area contributed by atoms with Gasteiger partial charge in [-0.3, -0.25) is 9.59 Å². The maximum Gasteiger partial charge on any atom is 0.312 e. The molecule has 1 rings (SSSR count). The van der Waals surface area contributed by atoms with Gasteiger partial charge < -0.3 is 9.84 Å². The summed E-state index contributed by atoms with van der Waals surface area (Å²) >= 11 is 0. The molecule has 17 heavy (non-hydrogen) atoms. The lowest BCUT2D eigenvalue weighted by Crippen LogP contribution is -2.44. The van der Waals surface area contributed by atoms with Crippen LogP contribution in [0.5, 0.6) is 0 Å². The Labute approximate surface area is 100 Å². The zero-order valence-corrected chi connectivity index (χ0v) is 10.1. The molecular weight excluding hydrogens is 220 g/mol. The molecule has 1 aromatic rings. The van der Waals surface area contributed by atoms with Crippen LogP contribution in [-0.2, 0) is 19.9 Å². The maximum absolute atomic E-state index is 11.7. The molecule has 2 atom stereocenters. The van der Waals surface area contributed by atoms with Crippen LogP contribution in [-0.4, -0.2) is 24.0 Å². The quantitative estimate of drug-likeness (QED) is 0.800. The first-order chi connectivity index (χ1) is 7.94. The summed E-state index contributed by atoms with van der Waals surface area (Å²) in [5.74, 6) is -2.06. The van der Waals surface area contributed by atoms with E-state index in [1.165, 1.54) is 21.0 Å². The Morgan fingerprint density at radius 2 is 1.82 bits per heavy atom. The minimum atomic E-state index is -1.84.